The van der Waals surface area contributed by atoms with E-state index in [2.05, 4.69) is 55.4 Å². The number of hydrogen-bond donors (Lipinski definition) is 3. The molecule has 0 aliphatic carbocycles. The summed E-state index contributed by atoms with van der Waals surface area (Å²) in [6.07, 6.45) is 36.7. The summed E-state index contributed by atoms with van der Waals surface area (Å²) in [6.45, 7) is 13.9. The highest BCUT2D eigenvalue weighted by molar-refractivity contribution is 7.47. The molecule has 0 aliphatic heterocycles. The molecule has 0 amide bonds. The molecule has 0 rings (SSSR count). The van der Waals surface area contributed by atoms with E-state index in [9.17, 15) is 43.2 Å². The summed E-state index contributed by atoms with van der Waals surface area (Å²) >= 11 is 0. The first kappa shape index (κ1) is 83.1. The molecule has 0 saturated carbocycles. The van der Waals surface area contributed by atoms with Gasteiger partial charge in [0.2, 0.25) is 0 Å². The van der Waals surface area contributed by atoms with Crippen molar-refractivity contribution in [3.8, 4) is 0 Å². The van der Waals surface area contributed by atoms with Gasteiger partial charge in [0.1, 0.15) is 19.3 Å². The van der Waals surface area contributed by atoms with Gasteiger partial charge in [-0.3, -0.25) is 37.3 Å². The Labute approximate surface area is 517 Å². The van der Waals surface area contributed by atoms with Crippen LogP contribution in [0.5, 0.6) is 0 Å². The van der Waals surface area contributed by atoms with Crippen molar-refractivity contribution in [2.45, 2.75) is 337 Å². The highest BCUT2D eigenvalue weighted by Gasteiger charge is 2.30. The van der Waals surface area contributed by atoms with E-state index < -0.39 is 97.5 Å². The van der Waals surface area contributed by atoms with Crippen LogP contribution in [-0.4, -0.2) is 96.7 Å². The number of esters is 4. The Hall–Kier alpha value is -1.94. The fourth-order valence-corrected chi connectivity index (χ4v) is 11.4. The van der Waals surface area contributed by atoms with E-state index in [-0.39, 0.29) is 25.7 Å². The molecule has 0 aromatic rings. The van der Waals surface area contributed by atoms with E-state index in [0.29, 0.717) is 43.4 Å². The Bertz CT molecular complexity index is 1700. The monoisotopic (exact) mass is 1250 g/mol. The largest absolute Gasteiger partial charge is 0.472 e. The minimum atomic E-state index is -4.95. The van der Waals surface area contributed by atoms with Crippen molar-refractivity contribution in [1.29, 1.82) is 0 Å². The van der Waals surface area contributed by atoms with E-state index in [1.54, 1.807) is 0 Å². The van der Waals surface area contributed by atoms with Gasteiger partial charge in [-0.05, 0) is 49.4 Å². The number of hydrogen-bond acceptors (Lipinski definition) is 15. The molecule has 0 saturated heterocycles. The molecular formula is C66H128O17P2. The Morgan fingerprint density at radius 3 is 0.729 bits per heavy atom. The molecule has 17 nitrogen and oxygen atoms in total. The molecule has 0 aromatic heterocycles. The van der Waals surface area contributed by atoms with Gasteiger partial charge in [-0.15, -0.1) is 0 Å². The molecule has 3 N–H and O–H groups in total. The Morgan fingerprint density at radius 1 is 0.294 bits per heavy atom. The summed E-state index contributed by atoms with van der Waals surface area (Å²) in [7, 11) is -9.89. The molecule has 0 bridgehead atoms. The molecule has 2 unspecified atom stereocenters. The van der Waals surface area contributed by atoms with Gasteiger partial charge in [0.05, 0.1) is 26.4 Å². The SMILES string of the molecule is CC(C)CCCCCCCCCCCCCCCCC(=O)O[C@H](COC(=O)CCCCCCCCC(C)C)COP(=O)(O)OC[C@H](O)COP(=O)(O)OC[C@@H](COC(=O)CCCCCCCCCC(C)C)OC(=O)CCCCCCCCC(C)C. The highest BCUT2D eigenvalue weighted by atomic mass is 31.2. The van der Waals surface area contributed by atoms with Crippen LogP contribution in [0, 0.1) is 23.7 Å². The second-order valence-electron chi connectivity index (χ2n) is 25.8. The van der Waals surface area contributed by atoms with Crippen molar-refractivity contribution >= 4 is 39.5 Å². The summed E-state index contributed by atoms with van der Waals surface area (Å²) in [6, 6.07) is 0. The first-order valence-electron chi connectivity index (χ1n) is 34.2. The lowest BCUT2D eigenvalue weighted by atomic mass is 10.0. The molecule has 0 aliphatic rings. The van der Waals surface area contributed by atoms with E-state index in [0.717, 1.165) is 109 Å². The fourth-order valence-electron chi connectivity index (χ4n) is 9.78. The van der Waals surface area contributed by atoms with Crippen molar-refractivity contribution in [3.63, 3.8) is 0 Å². The summed E-state index contributed by atoms with van der Waals surface area (Å²) < 4.78 is 68.0. The minimum absolute atomic E-state index is 0.101. The highest BCUT2D eigenvalue weighted by Crippen LogP contribution is 2.45. The van der Waals surface area contributed by atoms with E-state index in [1.807, 2.05) is 0 Å². The number of phosphoric ester groups is 2. The van der Waals surface area contributed by atoms with Crippen molar-refractivity contribution in [1.82, 2.24) is 0 Å². The molecule has 0 heterocycles. The van der Waals surface area contributed by atoms with Gasteiger partial charge in [0, 0.05) is 25.7 Å². The predicted octanol–water partition coefficient (Wildman–Crippen LogP) is 18.1. The molecule has 19 heteroatoms. The second-order valence-corrected chi connectivity index (χ2v) is 28.7. The molecular weight excluding hydrogens is 1130 g/mol. The quantitative estimate of drug-likeness (QED) is 0.0222. The summed E-state index contributed by atoms with van der Waals surface area (Å²) in [5.41, 5.74) is 0. The van der Waals surface area contributed by atoms with Gasteiger partial charge in [-0.25, -0.2) is 9.13 Å². The zero-order valence-electron chi connectivity index (χ0n) is 55.2. The summed E-state index contributed by atoms with van der Waals surface area (Å²) in [4.78, 5) is 72.2. The lowest BCUT2D eigenvalue weighted by Gasteiger charge is -2.21. The van der Waals surface area contributed by atoms with Crippen LogP contribution < -0.4 is 0 Å². The Morgan fingerprint density at radius 2 is 0.494 bits per heavy atom. The van der Waals surface area contributed by atoms with Crippen LogP contribution in [0.1, 0.15) is 319 Å². The third kappa shape index (κ3) is 60.7. The minimum Gasteiger partial charge on any atom is -0.462 e. The van der Waals surface area contributed by atoms with Gasteiger partial charge < -0.3 is 33.8 Å². The van der Waals surface area contributed by atoms with Gasteiger partial charge >= 0.3 is 39.5 Å². The maximum absolute atomic E-state index is 13.0. The summed E-state index contributed by atoms with van der Waals surface area (Å²) in [5, 5.41) is 10.5. The number of aliphatic hydroxyl groups is 1. The van der Waals surface area contributed by atoms with Crippen LogP contribution >= 0.6 is 15.6 Å². The van der Waals surface area contributed by atoms with Crippen LogP contribution in [0.15, 0.2) is 0 Å². The average molecular weight is 1260 g/mol. The van der Waals surface area contributed by atoms with Crippen LogP contribution in [0.3, 0.4) is 0 Å². The maximum atomic E-state index is 13.0. The molecule has 0 aromatic carbocycles. The molecule has 0 fully saturated rings. The van der Waals surface area contributed by atoms with Crippen LogP contribution in [-0.2, 0) is 65.4 Å². The first-order valence-corrected chi connectivity index (χ1v) is 37.2. The Kier molecular flexibility index (Phi) is 54.8. The zero-order chi connectivity index (χ0) is 63.2. The Balaban J connectivity index is 5.19. The van der Waals surface area contributed by atoms with Gasteiger partial charge in [0.15, 0.2) is 12.2 Å². The van der Waals surface area contributed by atoms with E-state index in [4.69, 9.17) is 37.0 Å². The number of rotatable bonds is 63. The summed E-state index contributed by atoms with van der Waals surface area (Å²) in [5.74, 6) is 0.707. The second kappa shape index (κ2) is 56.1. The van der Waals surface area contributed by atoms with Crippen LogP contribution in [0.25, 0.3) is 0 Å². The maximum Gasteiger partial charge on any atom is 0.472 e. The van der Waals surface area contributed by atoms with Crippen molar-refractivity contribution in [2.24, 2.45) is 23.7 Å². The normalized spacial score (nSPS) is 14.4. The van der Waals surface area contributed by atoms with E-state index >= 15 is 0 Å². The lowest BCUT2D eigenvalue weighted by molar-refractivity contribution is -0.161. The third-order valence-electron chi connectivity index (χ3n) is 15.1. The van der Waals surface area contributed by atoms with E-state index in [1.165, 1.54) is 109 Å². The van der Waals surface area contributed by atoms with Gasteiger partial charge in [-0.1, -0.05) is 267 Å². The van der Waals surface area contributed by atoms with Crippen LogP contribution in [0.4, 0.5) is 0 Å². The lowest BCUT2D eigenvalue weighted by Crippen LogP contribution is -2.30. The van der Waals surface area contributed by atoms with Crippen molar-refractivity contribution in [3.05, 3.63) is 0 Å². The molecule has 85 heavy (non-hydrogen) atoms. The number of phosphoric acid groups is 2. The smallest absolute Gasteiger partial charge is 0.462 e. The number of carbonyl (C=O) groups excluding carboxylic acids is 4. The standard InChI is InChI=1S/C66H128O17P2/c1-56(2)42-34-26-18-15-13-11-9-10-12-14-16-20-32-40-48-65(70)82-61(53-77-64(69)47-39-31-24-22-28-36-44-58(5)6)54-80-84(72,73)78-50-60(67)51-79-85(74,75)81-55-62(83-66(71)49-41-33-25-23-29-37-45-59(7)8)52-76-63(68)46-38-30-21-17-19-27-35-43-57(3)4/h56-62,67H,9-55H2,1-8H3,(H,72,73)(H,74,75)/t60-,61+,62+/m0/s1. The number of aliphatic hydroxyl groups excluding tert-OH is 1. The molecule has 0 radical (unpaired) electrons. The topological polar surface area (TPSA) is 237 Å². The number of unbranched alkanes of at least 4 members (excludes halogenated alkanes) is 29. The zero-order valence-corrected chi connectivity index (χ0v) is 57.0. The van der Waals surface area contributed by atoms with Gasteiger partial charge in [0.25, 0.3) is 0 Å². The third-order valence-corrected chi connectivity index (χ3v) is 17.0. The number of ether oxygens (including phenoxy) is 4. The predicted molar refractivity (Wildman–Crippen MR) is 340 cm³/mol. The molecule has 5 atom stereocenters. The van der Waals surface area contributed by atoms with Crippen molar-refractivity contribution < 1.29 is 80.2 Å². The fraction of sp³-hybridized carbons (Fsp3) is 0.939. The molecule has 504 valence electrons. The molecule has 0 spiro atoms. The first-order chi connectivity index (χ1) is 40.6. The van der Waals surface area contributed by atoms with Gasteiger partial charge in [-0.2, -0.15) is 0 Å². The number of carbonyl (C=O) groups is 4. The van der Waals surface area contributed by atoms with Crippen molar-refractivity contribution in [2.75, 3.05) is 39.6 Å². The average Bonchev–Trinajstić information content (AvgIpc) is 3.61. The van der Waals surface area contributed by atoms with Crippen LogP contribution in [0.2, 0.25) is 0 Å².